The molecular weight excluding hydrogens is 249 g/mol. The van der Waals surface area contributed by atoms with Crippen LogP contribution >= 0.6 is 11.6 Å². The summed E-state index contributed by atoms with van der Waals surface area (Å²) in [5.41, 5.74) is 0.476. The second-order valence-electron chi connectivity index (χ2n) is 3.15. The lowest BCUT2D eigenvalue weighted by molar-refractivity contribution is 0.0595. The lowest BCUT2D eigenvalue weighted by Gasteiger charge is -2.01. The van der Waals surface area contributed by atoms with E-state index < -0.39 is 11.8 Å². The highest BCUT2D eigenvalue weighted by molar-refractivity contribution is 6.31. The molecule has 0 aliphatic rings. The van der Waals surface area contributed by atoms with E-state index in [2.05, 4.69) is 9.72 Å². The average molecular weight is 256 g/mol. The number of oxazole rings is 1. The number of esters is 1. The molecule has 2 aromatic rings. The Balaban J connectivity index is 2.50. The van der Waals surface area contributed by atoms with Gasteiger partial charge in [-0.25, -0.2) is 14.2 Å². The van der Waals surface area contributed by atoms with Gasteiger partial charge in [0.15, 0.2) is 17.8 Å². The number of methoxy groups -OCH3 is 1. The van der Waals surface area contributed by atoms with E-state index in [0.717, 1.165) is 6.39 Å². The van der Waals surface area contributed by atoms with Crippen molar-refractivity contribution in [3.8, 4) is 11.3 Å². The number of halogens is 2. The van der Waals surface area contributed by atoms with Gasteiger partial charge in [0, 0.05) is 5.56 Å². The van der Waals surface area contributed by atoms with Crippen LogP contribution < -0.4 is 0 Å². The Kier molecular flexibility index (Phi) is 3.10. The minimum Gasteiger partial charge on any atom is -0.464 e. The molecule has 4 nitrogen and oxygen atoms in total. The first-order valence-electron chi connectivity index (χ1n) is 4.60. The highest BCUT2D eigenvalue weighted by Crippen LogP contribution is 2.27. The zero-order chi connectivity index (χ0) is 12.4. The minimum atomic E-state index is -0.630. The van der Waals surface area contributed by atoms with Gasteiger partial charge in [-0.05, 0) is 18.2 Å². The summed E-state index contributed by atoms with van der Waals surface area (Å²) in [6, 6.07) is 3.97. The van der Waals surface area contributed by atoms with Crippen molar-refractivity contribution in [2.24, 2.45) is 0 Å². The van der Waals surface area contributed by atoms with Crippen LogP contribution in [0.2, 0.25) is 5.02 Å². The predicted molar refractivity (Wildman–Crippen MR) is 58.2 cm³/mol. The molecule has 0 N–H and O–H groups in total. The molecule has 0 bridgehead atoms. The van der Waals surface area contributed by atoms with Gasteiger partial charge in [0.25, 0.3) is 0 Å². The number of rotatable bonds is 2. The molecule has 0 fully saturated rings. The number of carbonyl (C=O) groups excluding carboxylic acids is 1. The summed E-state index contributed by atoms with van der Waals surface area (Å²) in [6.45, 7) is 0. The van der Waals surface area contributed by atoms with Crippen LogP contribution in [0.5, 0.6) is 0 Å². The van der Waals surface area contributed by atoms with E-state index in [1.165, 1.54) is 25.3 Å². The fourth-order valence-electron chi connectivity index (χ4n) is 1.33. The number of aromatic nitrogens is 1. The van der Waals surface area contributed by atoms with Crippen molar-refractivity contribution >= 4 is 17.6 Å². The second-order valence-corrected chi connectivity index (χ2v) is 3.56. The van der Waals surface area contributed by atoms with Crippen molar-refractivity contribution in [3.63, 3.8) is 0 Å². The quantitative estimate of drug-likeness (QED) is 0.774. The standard InChI is InChI=1S/C11H7ClFNO3/c1-16-11(15)9-10(17-5-14-9)6-2-3-8(13)7(12)4-6/h2-5H,1H3. The van der Waals surface area contributed by atoms with E-state index >= 15 is 0 Å². The summed E-state index contributed by atoms with van der Waals surface area (Å²) in [6.07, 6.45) is 1.11. The van der Waals surface area contributed by atoms with Gasteiger partial charge in [-0.2, -0.15) is 0 Å². The van der Waals surface area contributed by atoms with Gasteiger partial charge in [0.2, 0.25) is 0 Å². The van der Waals surface area contributed by atoms with E-state index in [-0.39, 0.29) is 16.5 Å². The molecule has 0 aliphatic carbocycles. The van der Waals surface area contributed by atoms with Gasteiger partial charge in [0.05, 0.1) is 12.1 Å². The number of nitrogens with zero attached hydrogens (tertiary/aromatic N) is 1. The molecule has 0 spiro atoms. The molecule has 0 radical (unpaired) electrons. The third kappa shape index (κ3) is 2.14. The fourth-order valence-corrected chi connectivity index (χ4v) is 1.51. The number of carbonyl (C=O) groups is 1. The predicted octanol–water partition coefficient (Wildman–Crippen LogP) is 2.92. The summed E-state index contributed by atoms with van der Waals surface area (Å²) < 4.78 is 22.6. The molecule has 0 saturated carbocycles. The molecular formula is C11H7ClFNO3. The Morgan fingerprint density at radius 2 is 2.29 bits per heavy atom. The molecule has 2 rings (SSSR count). The minimum absolute atomic E-state index is 0.0233. The van der Waals surface area contributed by atoms with Crippen molar-refractivity contribution in [2.75, 3.05) is 7.11 Å². The molecule has 0 aliphatic heterocycles. The van der Waals surface area contributed by atoms with Crippen molar-refractivity contribution in [2.45, 2.75) is 0 Å². The number of hydrogen-bond acceptors (Lipinski definition) is 4. The van der Waals surface area contributed by atoms with Crippen molar-refractivity contribution < 1.29 is 18.3 Å². The summed E-state index contributed by atoms with van der Waals surface area (Å²) >= 11 is 5.64. The summed E-state index contributed by atoms with van der Waals surface area (Å²) in [5, 5.41) is -0.0604. The Bertz CT molecular complexity index is 568. The van der Waals surface area contributed by atoms with Crippen LogP contribution in [0.3, 0.4) is 0 Å². The monoisotopic (exact) mass is 255 g/mol. The number of benzene rings is 1. The molecule has 0 unspecified atom stereocenters. The molecule has 1 heterocycles. The Morgan fingerprint density at radius 1 is 1.53 bits per heavy atom. The van der Waals surface area contributed by atoms with Gasteiger partial charge < -0.3 is 9.15 Å². The van der Waals surface area contributed by atoms with Crippen LogP contribution in [-0.2, 0) is 4.74 Å². The first kappa shape index (κ1) is 11.6. The molecule has 0 saturated heterocycles. The normalized spacial score (nSPS) is 10.3. The largest absolute Gasteiger partial charge is 0.464 e. The highest BCUT2D eigenvalue weighted by Gasteiger charge is 2.19. The lowest BCUT2D eigenvalue weighted by atomic mass is 10.1. The Labute approximate surface area is 101 Å². The highest BCUT2D eigenvalue weighted by atomic mass is 35.5. The summed E-state index contributed by atoms with van der Waals surface area (Å²) in [7, 11) is 1.23. The topological polar surface area (TPSA) is 52.3 Å². The first-order chi connectivity index (χ1) is 8.13. The van der Waals surface area contributed by atoms with E-state index in [9.17, 15) is 9.18 Å². The van der Waals surface area contributed by atoms with Crippen LogP contribution in [0.4, 0.5) is 4.39 Å². The van der Waals surface area contributed by atoms with Gasteiger partial charge in [-0.15, -0.1) is 0 Å². The van der Waals surface area contributed by atoms with E-state index in [1.807, 2.05) is 0 Å². The maximum atomic E-state index is 13.0. The molecule has 1 aromatic heterocycles. The van der Waals surface area contributed by atoms with E-state index in [1.54, 1.807) is 0 Å². The Morgan fingerprint density at radius 3 is 2.94 bits per heavy atom. The van der Waals surface area contributed by atoms with Crippen LogP contribution in [0.15, 0.2) is 29.0 Å². The molecule has 0 atom stereocenters. The van der Waals surface area contributed by atoms with Crippen molar-refractivity contribution in [3.05, 3.63) is 41.1 Å². The third-order valence-electron chi connectivity index (χ3n) is 2.13. The SMILES string of the molecule is COC(=O)c1ncoc1-c1ccc(F)c(Cl)c1. The van der Waals surface area contributed by atoms with Crippen molar-refractivity contribution in [1.82, 2.24) is 4.98 Å². The maximum absolute atomic E-state index is 13.0. The zero-order valence-corrected chi connectivity index (χ0v) is 9.49. The van der Waals surface area contributed by atoms with Crippen LogP contribution in [0.1, 0.15) is 10.5 Å². The van der Waals surface area contributed by atoms with E-state index in [4.69, 9.17) is 16.0 Å². The maximum Gasteiger partial charge on any atom is 0.360 e. The second kappa shape index (κ2) is 4.55. The molecule has 88 valence electrons. The van der Waals surface area contributed by atoms with Crippen LogP contribution in [0.25, 0.3) is 11.3 Å². The van der Waals surface area contributed by atoms with Gasteiger partial charge in [-0.3, -0.25) is 0 Å². The van der Waals surface area contributed by atoms with E-state index in [0.29, 0.717) is 5.56 Å². The molecule has 6 heteroatoms. The van der Waals surface area contributed by atoms with Gasteiger partial charge in [0.1, 0.15) is 5.82 Å². The van der Waals surface area contributed by atoms with Gasteiger partial charge >= 0.3 is 5.97 Å². The smallest absolute Gasteiger partial charge is 0.360 e. The fraction of sp³-hybridized carbons (Fsp3) is 0.0909. The van der Waals surface area contributed by atoms with Crippen LogP contribution in [0, 0.1) is 5.82 Å². The van der Waals surface area contributed by atoms with Crippen molar-refractivity contribution in [1.29, 1.82) is 0 Å². The molecule has 17 heavy (non-hydrogen) atoms. The lowest BCUT2D eigenvalue weighted by Crippen LogP contribution is -2.03. The first-order valence-corrected chi connectivity index (χ1v) is 4.98. The summed E-state index contributed by atoms with van der Waals surface area (Å²) in [5.74, 6) is -0.984. The third-order valence-corrected chi connectivity index (χ3v) is 2.42. The van der Waals surface area contributed by atoms with Gasteiger partial charge in [-0.1, -0.05) is 11.6 Å². The number of ether oxygens (including phenoxy) is 1. The summed E-state index contributed by atoms with van der Waals surface area (Å²) in [4.78, 5) is 15.1. The number of hydrogen-bond donors (Lipinski definition) is 0. The molecule has 0 amide bonds. The average Bonchev–Trinajstić information content (AvgIpc) is 2.80. The molecule has 1 aromatic carbocycles. The Hall–Kier alpha value is -1.88. The zero-order valence-electron chi connectivity index (χ0n) is 8.74. The van der Waals surface area contributed by atoms with Crippen LogP contribution in [-0.4, -0.2) is 18.1 Å².